The van der Waals surface area contributed by atoms with Gasteiger partial charge in [-0.05, 0) is 49.1 Å². The fourth-order valence-electron chi connectivity index (χ4n) is 2.23. The maximum Gasteiger partial charge on any atom is 0.224 e. The summed E-state index contributed by atoms with van der Waals surface area (Å²) >= 11 is 0. The van der Waals surface area contributed by atoms with Gasteiger partial charge < -0.3 is 11.1 Å². The number of nitrogens with one attached hydrogen (secondary N) is 1. The summed E-state index contributed by atoms with van der Waals surface area (Å²) in [7, 11) is 0. The van der Waals surface area contributed by atoms with Crippen LogP contribution in [0, 0.1) is 6.92 Å². The molecule has 0 fully saturated rings. The SMILES string of the molecule is Cc1ccccc1CCC(=O)Nc1ccc(C(C)N)cc1. The van der Waals surface area contributed by atoms with Gasteiger partial charge in [0.2, 0.25) is 5.91 Å². The van der Waals surface area contributed by atoms with Gasteiger partial charge in [-0.3, -0.25) is 4.79 Å². The average Bonchev–Trinajstić information content (AvgIpc) is 2.47. The molecule has 0 aliphatic carbocycles. The minimum atomic E-state index is 0.0100. The number of hydrogen-bond donors (Lipinski definition) is 2. The molecule has 3 heteroatoms. The highest BCUT2D eigenvalue weighted by Gasteiger charge is 2.05. The summed E-state index contributed by atoms with van der Waals surface area (Å²) in [5.74, 6) is 0.0341. The van der Waals surface area contributed by atoms with Crippen LogP contribution in [-0.4, -0.2) is 5.91 Å². The lowest BCUT2D eigenvalue weighted by Crippen LogP contribution is -2.13. The molecular weight excluding hydrogens is 260 g/mol. The molecule has 0 spiro atoms. The Bertz CT molecular complexity index is 603. The second-order valence-corrected chi connectivity index (χ2v) is 5.39. The van der Waals surface area contributed by atoms with E-state index in [1.165, 1.54) is 11.1 Å². The van der Waals surface area contributed by atoms with Gasteiger partial charge in [0.15, 0.2) is 0 Å². The Morgan fingerprint density at radius 3 is 2.43 bits per heavy atom. The number of nitrogens with two attached hydrogens (primary N) is 1. The quantitative estimate of drug-likeness (QED) is 0.880. The van der Waals surface area contributed by atoms with Crippen LogP contribution in [0.3, 0.4) is 0 Å². The topological polar surface area (TPSA) is 55.1 Å². The highest BCUT2D eigenvalue weighted by molar-refractivity contribution is 5.90. The number of rotatable bonds is 5. The number of amides is 1. The number of carbonyl (C=O) groups is 1. The van der Waals surface area contributed by atoms with Crippen LogP contribution < -0.4 is 11.1 Å². The third kappa shape index (κ3) is 4.43. The first-order valence-corrected chi connectivity index (χ1v) is 7.26. The van der Waals surface area contributed by atoms with Crippen molar-refractivity contribution in [2.45, 2.75) is 32.7 Å². The van der Waals surface area contributed by atoms with Crippen LogP contribution in [0.25, 0.3) is 0 Å². The zero-order chi connectivity index (χ0) is 15.2. The molecule has 0 saturated heterocycles. The Kier molecular flexibility index (Phi) is 5.12. The van der Waals surface area contributed by atoms with Crippen molar-refractivity contribution in [1.82, 2.24) is 0 Å². The molecule has 1 amide bonds. The van der Waals surface area contributed by atoms with E-state index < -0.39 is 0 Å². The smallest absolute Gasteiger partial charge is 0.224 e. The van der Waals surface area contributed by atoms with Gasteiger partial charge in [0, 0.05) is 18.2 Å². The summed E-state index contributed by atoms with van der Waals surface area (Å²) in [6.07, 6.45) is 1.25. The molecule has 0 radical (unpaired) electrons. The largest absolute Gasteiger partial charge is 0.326 e. The summed E-state index contributed by atoms with van der Waals surface area (Å²) in [5.41, 5.74) is 10.1. The molecule has 3 N–H and O–H groups in total. The Hall–Kier alpha value is -2.13. The lowest BCUT2D eigenvalue weighted by Gasteiger charge is -2.09. The second-order valence-electron chi connectivity index (χ2n) is 5.39. The molecule has 0 saturated carbocycles. The molecule has 1 unspecified atom stereocenters. The molecule has 0 aliphatic rings. The van der Waals surface area contributed by atoms with E-state index in [2.05, 4.69) is 24.4 Å². The van der Waals surface area contributed by atoms with Crippen LogP contribution in [-0.2, 0) is 11.2 Å². The monoisotopic (exact) mass is 282 g/mol. The molecule has 110 valence electrons. The molecule has 21 heavy (non-hydrogen) atoms. The Morgan fingerprint density at radius 2 is 1.81 bits per heavy atom. The molecule has 0 aliphatic heterocycles. The fraction of sp³-hybridized carbons (Fsp3) is 0.278. The molecule has 2 rings (SSSR count). The van der Waals surface area contributed by atoms with Gasteiger partial charge >= 0.3 is 0 Å². The number of carbonyl (C=O) groups excluding carboxylic acids is 1. The van der Waals surface area contributed by atoms with Crippen molar-refractivity contribution in [3.8, 4) is 0 Å². The number of anilines is 1. The molecule has 0 bridgehead atoms. The average molecular weight is 282 g/mol. The molecule has 0 heterocycles. The number of aryl methyl sites for hydroxylation is 2. The van der Waals surface area contributed by atoms with E-state index in [-0.39, 0.29) is 11.9 Å². The highest BCUT2D eigenvalue weighted by Crippen LogP contribution is 2.15. The van der Waals surface area contributed by atoms with Crippen LogP contribution in [0.4, 0.5) is 5.69 Å². The van der Waals surface area contributed by atoms with E-state index in [0.717, 1.165) is 17.7 Å². The zero-order valence-corrected chi connectivity index (χ0v) is 12.6. The summed E-state index contributed by atoms with van der Waals surface area (Å²) in [6, 6.07) is 15.8. The molecule has 0 aromatic heterocycles. The normalized spacial score (nSPS) is 12.0. The van der Waals surface area contributed by atoms with Gasteiger partial charge in [-0.1, -0.05) is 36.4 Å². The minimum absolute atomic E-state index is 0.0100. The molecule has 3 nitrogen and oxygen atoms in total. The first-order valence-electron chi connectivity index (χ1n) is 7.26. The van der Waals surface area contributed by atoms with E-state index in [0.29, 0.717) is 6.42 Å². The van der Waals surface area contributed by atoms with E-state index >= 15 is 0 Å². The van der Waals surface area contributed by atoms with Crippen LogP contribution >= 0.6 is 0 Å². The maximum absolute atomic E-state index is 12.0. The minimum Gasteiger partial charge on any atom is -0.326 e. The van der Waals surface area contributed by atoms with Crippen molar-refractivity contribution >= 4 is 11.6 Å². The molecule has 2 aromatic carbocycles. The predicted molar refractivity (Wildman–Crippen MR) is 87.2 cm³/mol. The second kappa shape index (κ2) is 7.04. The first kappa shape index (κ1) is 15.3. The van der Waals surface area contributed by atoms with Crippen LogP contribution in [0.5, 0.6) is 0 Å². The first-order chi connectivity index (χ1) is 10.1. The fourth-order valence-corrected chi connectivity index (χ4v) is 2.23. The third-order valence-electron chi connectivity index (χ3n) is 3.60. The number of benzene rings is 2. The van der Waals surface area contributed by atoms with Gasteiger partial charge in [-0.25, -0.2) is 0 Å². The van der Waals surface area contributed by atoms with Crippen LogP contribution in [0.2, 0.25) is 0 Å². The summed E-state index contributed by atoms with van der Waals surface area (Å²) in [6.45, 7) is 4.01. The predicted octanol–water partition coefficient (Wildman–Crippen LogP) is 3.59. The van der Waals surface area contributed by atoms with E-state index in [1.54, 1.807) is 0 Å². The summed E-state index contributed by atoms with van der Waals surface area (Å²) < 4.78 is 0. The van der Waals surface area contributed by atoms with Gasteiger partial charge in [-0.2, -0.15) is 0 Å². The Labute approximate surface area is 126 Å². The Balaban J connectivity index is 1.88. The van der Waals surface area contributed by atoms with Crippen molar-refractivity contribution in [1.29, 1.82) is 0 Å². The van der Waals surface area contributed by atoms with E-state index in [4.69, 9.17) is 5.73 Å². The number of hydrogen-bond acceptors (Lipinski definition) is 2. The van der Waals surface area contributed by atoms with Crippen molar-refractivity contribution < 1.29 is 4.79 Å². The van der Waals surface area contributed by atoms with Crippen LogP contribution in [0.15, 0.2) is 48.5 Å². The summed E-state index contributed by atoms with van der Waals surface area (Å²) in [5, 5.41) is 2.92. The lowest BCUT2D eigenvalue weighted by molar-refractivity contribution is -0.116. The van der Waals surface area contributed by atoms with Crippen molar-refractivity contribution in [2.24, 2.45) is 5.73 Å². The standard InChI is InChI=1S/C18H22N2O/c1-13-5-3-4-6-15(13)9-12-18(21)20-17-10-7-16(8-11-17)14(2)19/h3-8,10-11,14H,9,12,19H2,1-2H3,(H,20,21). The van der Waals surface area contributed by atoms with Crippen molar-refractivity contribution in [3.05, 3.63) is 65.2 Å². The van der Waals surface area contributed by atoms with Gasteiger partial charge in [0.25, 0.3) is 0 Å². The van der Waals surface area contributed by atoms with E-state index in [1.807, 2.05) is 43.3 Å². The molecule has 1 atom stereocenters. The molecule has 2 aromatic rings. The van der Waals surface area contributed by atoms with E-state index in [9.17, 15) is 4.79 Å². The van der Waals surface area contributed by atoms with Gasteiger partial charge in [0.05, 0.1) is 0 Å². The highest BCUT2D eigenvalue weighted by atomic mass is 16.1. The Morgan fingerprint density at radius 1 is 1.14 bits per heavy atom. The third-order valence-corrected chi connectivity index (χ3v) is 3.60. The van der Waals surface area contributed by atoms with Crippen molar-refractivity contribution in [2.75, 3.05) is 5.32 Å². The zero-order valence-electron chi connectivity index (χ0n) is 12.6. The lowest BCUT2D eigenvalue weighted by atomic mass is 10.0. The van der Waals surface area contributed by atoms with Gasteiger partial charge in [-0.15, -0.1) is 0 Å². The van der Waals surface area contributed by atoms with Gasteiger partial charge in [0.1, 0.15) is 0 Å². The van der Waals surface area contributed by atoms with Crippen LogP contribution in [0.1, 0.15) is 36.1 Å². The molecular formula is C18H22N2O. The maximum atomic E-state index is 12.0. The van der Waals surface area contributed by atoms with Crippen molar-refractivity contribution in [3.63, 3.8) is 0 Å². The summed E-state index contributed by atoms with van der Waals surface area (Å²) in [4.78, 5) is 12.0.